The van der Waals surface area contributed by atoms with Crippen LogP contribution >= 0.6 is 0 Å². The van der Waals surface area contributed by atoms with E-state index in [9.17, 15) is 132 Å². The van der Waals surface area contributed by atoms with Gasteiger partial charge in [0.25, 0.3) is 0 Å². The van der Waals surface area contributed by atoms with Crippen LogP contribution in [0.15, 0.2) is 0 Å². The van der Waals surface area contributed by atoms with Crippen molar-refractivity contribution in [2.75, 3.05) is 0 Å². The molecule has 0 N–H and O–H groups in total. The molecular weight excluding hydrogens is 754 g/mol. The van der Waals surface area contributed by atoms with Crippen LogP contribution in [-0.2, 0) is 0 Å². The smallest absolute Gasteiger partial charge is 0.203 e. The summed E-state index contributed by atoms with van der Waals surface area (Å²) in [5.74, 6) is -105. The quantitative estimate of drug-likeness (QED) is 0.163. The summed E-state index contributed by atoms with van der Waals surface area (Å²) in [5.41, 5.74) is -10.00. The fraction of sp³-hybridized carbons (Fsp3) is 1.00. The lowest BCUT2D eigenvalue weighted by molar-refractivity contribution is -0.473. The van der Waals surface area contributed by atoms with E-state index >= 15 is 0 Å². The molecule has 0 aliphatic heterocycles. The van der Waals surface area contributed by atoms with E-state index in [0.717, 1.165) is 0 Å². The van der Waals surface area contributed by atoms with E-state index in [4.69, 9.17) is 0 Å². The molecular formula is C13F30Si. The summed E-state index contributed by atoms with van der Waals surface area (Å²) >= 11 is 0. The molecule has 0 saturated heterocycles. The van der Waals surface area contributed by atoms with Crippen molar-refractivity contribution in [3.05, 3.63) is 0 Å². The first-order valence-corrected chi connectivity index (χ1v) is 10.9. The number of alkyl halides is 30. The molecule has 44 heavy (non-hydrogen) atoms. The average Bonchev–Trinajstić information content (AvgIpc) is 2.68. The Hall–Kier alpha value is -1.88. The van der Waals surface area contributed by atoms with Gasteiger partial charge in [0.2, 0.25) is 0 Å². The third kappa shape index (κ3) is 4.63. The molecule has 0 bridgehead atoms. The van der Waals surface area contributed by atoms with E-state index in [2.05, 4.69) is 0 Å². The third-order valence-corrected chi connectivity index (χ3v) is 9.06. The van der Waals surface area contributed by atoms with E-state index in [0.29, 0.717) is 0 Å². The van der Waals surface area contributed by atoms with E-state index in [1.54, 1.807) is 0 Å². The van der Waals surface area contributed by atoms with Crippen LogP contribution in [-0.4, -0.2) is 84.6 Å². The Morgan fingerprint density at radius 3 is 0.523 bits per heavy atom. The third-order valence-electron chi connectivity index (χ3n) is 5.26. The van der Waals surface area contributed by atoms with E-state index in [-0.39, 0.29) is 0 Å². The molecule has 0 heterocycles. The highest BCUT2D eigenvalue weighted by Gasteiger charge is 3.06. The van der Waals surface area contributed by atoms with Crippen LogP contribution in [0.25, 0.3) is 0 Å². The fourth-order valence-electron chi connectivity index (χ4n) is 2.81. The predicted molar refractivity (Wildman–Crippen MR) is 74.5 cm³/mol. The highest BCUT2D eigenvalue weighted by Crippen LogP contribution is 2.69. The molecule has 0 amide bonds. The maximum absolute atomic E-state index is 13.8. The maximum Gasteiger partial charge on any atom is 0.504 e. The summed E-state index contributed by atoms with van der Waals surface area (Å²) in [4.78, 5) is 0. The summed E-state index contributed by atoms with van der Waals surface area (Å²) in [7, 11) is -12.0. The molecule has 0 aliphatic rings. The van der Waals surface area contributed by atoms with Crippen molar-refractivity contribution >= 4 is 8.07 Å². The molecule has 0 aromatic rings. The van der Waals surface area contributed by atoms with Gasteiger partial charge in [-0.15, -0.1) is 0 Å². The van der Waals surface area contributed by atoms with Gasteiger partial charge in [-0.1, -0.05) is 0 Å². The van der Waals surface area contributed by atoms with Gasteiger partial charge in [-0.2, -0.15) is 123 Å². The Balaban J connectivity index is 7.89. The molecule has 0 saturated carbocycles. The van der Waals surface area contributed by atoms with Gasteiger partial charge in [-0.3, -0.25) is 0 Å². The lowest BCUT2D eigenvalue weighted by Gasteiger charge is -2.47. The first-order chi connectivity index (χ1) is 18.2. The second kappa shape index (κ2) is 9.81. The summed E-state index contributed by atoms with van der Waals surface area (Å²) < 4.78 is 392. The van der Waals surface area contributed by atoms with Crippen LogP contribution in [0.4, 0.5) is 132 Å². The minimum Gasteiger partial charge on any atom is -0.203 e. The normalized spacial score (nSPS) is 17.3. The molecule has 0 rings (SSSR count). The van der Waals surface area contributed by atoms with E-state index in [1.165, 1.54) is 0 Å². The van der Waals surface area contributed by atoms with Gasteiger partial charge in [0.1, 0.15) is 0 Å². The van der Waals surface area contributed by atoms with Gasteiger partial charge >= 0.3 is 84.6 Å². The highest BCUT2D eigenvalue weighted by atomic mass is 28.3. The zero-order valence-electron chi connectivity index (χ0n) is 18.3. The number of halogens is 30. The van der Waals surface area contributed by atoms with Crippen molar-refractivity contribution in [3.63, 3.8) is 0 Å². The van der Waals surface area contributed by atoms with Crippen molar-refractivity contribution in [2.24, 2.45) is 0 Å². The monoisotopic (exact) mass is 754 g/mol. The van der Waals surface area contributed by atoms with Gasteiger partial charge in [-0.25, -0.2) is 8.78 Å². The first-order valence-electron chi connectivity index (χ1n) is 8.92. The minimum absolute atomic E-state index is 8.33. The lowest BCUT2D eigenvalue weighted by atomic mass is 9.87. The van der Waals surface area contributed by atoms with Crippen LogP contribution in [0.5, 0.6) is 0 Å². The number of hydrogen-bond acceptors (Lipinski definition) is 0. The number of hydrogen-bond donors (Lipinski definition) is 0. The summed E-state index contributed by atoms with van der Waals surface area (Å²) in [6, 6.07) is 0. The molecule has 0 spiro atoms. The van der Waals surface area contributed by atoms with E-state index < -0.39 is 84.6 Å². The molecule has 0 aliphatic carbocycles. The fourth-order valence-corrected chi connectivity index (χ4v) is 5.47. The molecule has 31 heteroatoms. The van der Waals surface area contributed by atoms with Crippen molar-refractivity contribution in [2.45, 2.75) is 76.5 Å². The van der Waals surface area contributed by atoms with Crippen molar-refractivity contribution in [3.8, 4) is 0 Å². The number of rotatable bonds is 9. The van der Waals surface area contributed by atoms with E-state index in [1.807, 2.05) is 0 Å². The minimum atomic E-state index is -12.0. The van der Waals surface area contributed by atoms with Gasteiger partial charge < -0.3 is 0 Å². The Morgan fingerprint density at radius 1 is 0.205 bits per heavy atom. The van der Waals surface area contributed by atoms with Crippen molar-refractivity contribution in [1.82, 2.24) is 0 Å². The second-order valence-electron chi connectivity index (χ2n) is 7.91. The molecule has 0 radical (unpaired) electrons. The van der Waals surface area contributed by atoms with Crippen molar-refractivity contribution in [1.29, 1.82) is 0 Å². The molecule has 0 fully saturated rings. The SMILES string of the molecule is FC(F)(F)C(F)(F)C(F)(F)C(F)(F)C(F)(F)C(F)(F)C(F)(F)C(F)(F)C(F)(F)C(F)(F)[Si](C(F)(F)F)(C(F)(F)F)C(F)(F)F. The molecule has 0 unspecified atom stereocenters. The molecule has 0 atom stereocenters. The van der Waals surface area contributed by atoms with Crippen LogP contribution in [0.3, 0.4) is 0 Å². The summed E-state index contributed by atoms with van der Waals surface area (Å²) in [6.07, 6.45) is -8.33. The van der Waals surface area contributed by atoms with Crippen molar-refractivity contribution < 1.29 is 132 Å². The van der Waals surface area contributed by atoms with Gasteiger partial charge in [0.15, 0.2) is 0 Å². The van der Waals surface area contributed by atoms with Crippen LogP contribution in [0.1, 0.15) is 0 Å². The largest absolute Gasteiger partial charge is 0.504 e. The second-order valence-corrected chi connectivity index (χ2v) is 11.7. The molecule has 0 nitrogen and oxygen atoms in total. The van der Waals surface area contributed by atoms with Crippen LogP contribution in [0, 0.1) is 0 Å². The maximum atomic E-state index is 13.8. The summed E-state index contributed by atoms with van der Waals surface area (Å²) in [5, 5.41) is 0. The lowest BCUT2D eigenvalue weighted by Crippen LogP contribution is -2.87. The topological polar surface area (TPSA) is 0 Å². The molecule has 0 aromatic carbocycles. The Labute approximate surface area is 217 Å². The first kappa shape index (κ1) is 42.1. The van der Waals surface area contributed by atoms with Gasteiger partial charge in [0.05, 0.1) is 0 Å². The zero-order valence-corrected chi connectivity index (χ0v) is 19.3. The molecule has 0 aromatic heterocycles. The molecule has 266 valence electrons. The van der Waals surface area contributed by atoms with Crippen LogP contribution < -0.4 is 0 Å². The van der Waals surface area contributed by atoms with Gasteiger partial charge in [0, 0.05) is 0 Å². The van der Waals surface area contributed by atoms with Gasteiger partial charge in [-0.05, 0) is 0 Å². The Kier molecular flexibility index (Phi) is 9.39. The summed E-state index contributed by atoms with van der Waals surface area (Å²) in [6.45, 7) is 0. The standard InChI is InChI=1S/C13F30Si/c14-1(15,3(18,19)5(22,23)7(26,27)9(30,31)32)2(16,17)4(20,21)6(24,25)8(28,29)10(33,34)44(11(35,36)37,12(38,39)40)13(41,42)43. The average molecular weight is 754 g/mol. The Morgan fingerprint density at radius 2 is 0.364 bits per heavy atom. The van der Waals surface area contributed by atoms with Crippen LogP contribution in [0.2, 0.25) is 0 Å². The predicted octanol–water partition coefficient (Wildman–Crippen LogP) is 9.56. The Bertz CT molecular complexity index is 1010. The zero-order chi connectivity index (χ0) is 37.0. The highest BCUT2D eigenvalue weighted by molar-refractivity contribution is 6.87.